The van der Waals surface area contributed by atoms with Crippen molar-refractivity contribution in [3.05, 3.63) is 35.2 Å². The summed E-state index contributed by atoms with van der Waals surface area (Å²) in [5.41, 5.74) is 4.06. The van der Waals surface area contributed by atoms with E-state index in [0.29, 0.717) is 6.61 Å². The molecule has 0 radical (unpaired) electrons. The molecular formula is C14H17N3OS. The molecule has 0 saturated carbocycles. The molecule has 100 valence electrons. The first-order valence-corrected chi connectivity index (χ1v) is 7.33. The van der Waals surface area contributed by atoms with Gasteiger partial charge in [-0.15, -0.1) is 0 Å². The number of benzene rings is 1. The molecule has 2 aromatic rings. The Morgan fingerprint density at radius 2 is 2.21 bits per heavy atom. The van der Waals surface area contributed by atoms with Gasteiger partial charge in [0, 0.05) is 30.8 Å². The van der Waals surface area contributed by atoms with E-state index in [1.807, 2.05) is 0 Å². The predicted octanol–water partition coefficient (Wildman–Crippen LogP) is 2.96. The minimum absolute atomic E-state index is 0.662. The first-order valence-electron chi connectivity index (χ1n) is 6.55. The highest BCUT2D eigenvalue weighted by molar-refractivity contribution is 7.09. The molecular weight excluding hydrogens is 258 g/mol. The number of hydrogen-bond acceptors (Lipinski definition) is 5. The van der Waals surface area contributed by atoms with Crippen LogP contribution in [0.2, 0.25) is 0 Å². The number of rotatable bonds is 5. The average Bonchev–Trinajstić information content (AvgIpc) is 3.05. The van der Waals surface area contributed by atoms with Gasteiger partial charge in [0.25, 0.3) is 0 Å². The lowest BCUT2D eigenvalue weighted by molar-refractivity contribution is 0.201. The van der Waals surface area contributed by atoms with E-state index in [-0.39, 0.29) is 0 Å². The van der Waals surface area contributed by atoms with Crippen molar-refractivity contribution in [3.63, 3.8) is 0 Å². The Balaban J connectivity index is 1.69. The fourth-order valence-electron chi connectivity index (χ4n) is 2.37. The molecule has 1 aromatic carbocycles. The Morgan fingerprint density at radius 3 is 3.11 bits per heavy atom. The average molecular weight is 275 g/mol. The fourth-order valence-corrected chi connectivity index (χ4v) is 3.01. The summed E-state index contributed by atoms with van der Waals surface area (Å²) in [7, 11) is 1.69. The maximum absolute atomic E-state index is 5.03. The van der Waals surface area contributed by atoms with Gasteiger partial charge in [0.05, 0.1) is 6.61 Å². The van der Waals surface area contributed by atoms with Crippen LogP contribution in [-0.2, 0) is 24.0 Å². The van der Waals surface area contributed by atoms with Crippen LogP contribution < -0.4 is 5.32 Å². The zero-order chi connectivity index (χ0) is 13.1. The van der Waals surface area contributed by atoms with Gasteiger partial charge < -0.3 is 10.1 Å². The third-order valence-corrected chi connectivity index (χ3v) is 4.02. The van der Waals surface area contributed by atoms with Gasteiger partial charge in [0.15, 0.2) is 0 Å². The monoisotopic (exact) mass is 275 g/mol. The summed E-state index contributed by atoms with van der Waals surface area (Å²) < 4.78 is 9.34. The number of fused-ring (bicyclic) bond motifs is 1. The van der Waals surface area contributed by atoms with Gasteiger partial charge in [0.2, 0.25) is 5.13 Å². The highest BCUT2D eigenvalue weighted by Crippen LogP contribution is 2.27. The van der Waals surface area contributed by atoms with Crippen molar-refractivity contribution in [1.82, 2.24) is 9.36 Å². The molecule has 4 nitrogen and oxygen atoms in total. The summed E-state index contributed by atoms with van der Waals surface area (Å²) >= 11 is 1.40. The summed E-state index contributed by atoms with van der Waals surface area (Å²) in [5.74, 6) is 0.843. The Hall–Kier alpha value is -1.46. The SMILES string of the molecule is COCCc1nsc(Nc2ccc3c(c2)CCC3)n1. The molecule has 1 heterocycles. The quantitative estimate of drug-likeness (QED) is 0.911. The molecule has 1 aliphatic rings. The Labute approximate surface area is 117 Å². The number of nitrogens with zero attached hydrogens (tertiary/aromatic N) is 2. The lowest BCUT2D eigenvalue weighted by Crippen LogP contribution is -1.97. The highest BCUT2D eigenvalue weighted by atomic mass is 32.1. The summed E-state index contributed by atoms with van der Waals surface area (Å²) in [4.78, 5) is 4.45. The van der Waals surface area contributed by atoms with Gasteiger partial charge >= 0.3 is 0 Å². The Bertz CT molecular complexity index is 568. The second kappa shape index (κ2) is 5.67. The van der Waals surface area contributed by atoms with Crippen molar-refractivity contribution in [3.8, 4) is 0 Å². The molecule has 1 N–H and O–H groups in total. The molecule has 0 spiro atoms. The van der Waals surface area contributed by atoms with Crippen molar-refractivity contribution in [1.29, 1.82) is 0 Å². The van der Waals surface area contributed by atoms with Crippen LogP contribution in [0.5, 0.6) is 0 Å². The fraction of sp³-hybridized carbons (Fsp3) is 0.429. The summed E-state index contributed by atoms with van der Waals surface area (Å²) in [6.45, 7) is 0.662. The van der Waals surface area contributed by atoms with Gasteiger partial charge in [-0.25, -0.2) is 4.98 Å². The number of hydrogen-bond donors (Lipinski definition) is 1. The number of nitrogens with one attached hydrogen (secondary N) is 1. The molecule has 0 aliphatic heterocycles. The third-order valence-electron chi connectivity index (χ3n) is 3.35. The van der Waals surface area contributed by atoms with Gasteiger partial charge in [-0.2, -0.15) is 4.37 Å². The van der Waals surface area contributed by atoms with Crippen LogP contribution in [0, 0.1) is 0 Å². The summed E-state index contributed by atoms with van der Waals surface area (Å²) in [6.07, 6.45) is 4.45. The molecule has 5 heteroatoms. The Kier molecular flexibility index (Phi) is 3.75. The van der Waals surface area contributed by atoms with Crippen molar-refractivity contribution in [2.24, 2.45) is 0 Å². The van der Waals surface area contributed by atoms with Crippen molar-refractivity contribution in [2.45, 2.75) is 25.7 Å². The normalized spacial score (nSPS) is 13.5. The number of anilines is 2. The topological polar surface area (TPSA) is 47.0 Å². The lowest BCUT2D eigenvalue weighted by atomic mass is 10.1. The van der Waals surface area contributed by atoms with E-state index in [9.17, 15) is 0 Å². The van der Waals surface area contributed by atoms with Gasteiger partial charge in [-0.1, -0.05) is 6.07 Å². The number of aryl methyl sites for hydroxylation is 2. The van der Waals surface area contributed by atoms with E-state index in [4.69, 9.17) is 4.74 Å². The van der Waals surface area contributed by atoms with E-state index >= 15 is 0 Å². The molecule has 0 amide bonds. The van der Waals surface area contributed by atoms with Gasteiger partial charge in [-0.05, 0) is 42.5 Å². The number of methoxy groups -OCH3 is 1. The lowest BCUT2D eigenvalue weighted by Gasteiger charge is -2.05. The minimum Gasteiger partial charge on any atom is -0.384 e. The van der Waals surface area contributed by atoms with Crippen molar-refractivity contribution in [2.75, 3.05) is 19.0 Å². The molecule has 0 bridgehead atoms. The zero-order valence-corrected chi connectivity index (χ0v) is 11.8. The number of ether oxygens (including phenoxy) is 1. The van der Waals surface area contributed by atoms with Crippen LogP contribution >= 0.6 is 11.5 Å². The molecule has 0 fully saturated rings. The van der Waals surface area contributed by atoms with E-state index in [1.165, 1.54) is 41.9 Å². The molecule has 19 heavy (non-hydrogen) atoms. The first kappa shape index (κ1) is 12.6. The maximum Gasteiger partial charge on any atom is 0.207 e. The first-order chi connectivity index (χ1) is 9.35. The van der Waals surface area contributed by atoms with Crippen LogP contribution in [0.4, 0.5) is 10.8 Å². The summed E-state index contributed by atoms with van der Waals surface area (Å²) in [6, 6.07) is 6.58. The van der Waals surface area contributed by atoms with E-state index in [2.05, 4.69) is 32.9 Å². The molecule has 0 atom stereocenters. The highest BCUT2D eigenvalue weighted by Gasteiger charge is 2.11. The predicted molar refractivity (Wildman–Crippen MR) is 77.2 cm³/mol. The molecule has 0 saturated heterocycles. The second-order valence-corrected chi connectivity index (χ2v) is 5.47. The molecule has 1 aromatic heterocycles. The maximum atomic E-state index is 5.03. The van der Waals surface area contributed by atoms with Gasteiger partial charge in [0.1, 0.15) is 5.82 Å². The standard InChI is InChI=1S/C14H17N3OS/c1-18-8-7-13-16-14(19-17-13)15-12-6-5-10-3-2-4-11(10)9-12/h5-6,9H,2-4,7-8H2,1H3,(H,15,16,17). The molecule has 0 unspecified atom stereocenters. The Morgan fingerprint density at radius 1 is 1.32 bits per heavy atom. The molecule has 3 rings (SSSR count). The van der Waals surface area contributed by atoms with Crippen molar-refractivity contribution >= 4 is 22.4 Å². The van der Waals surface area contributed by atoms with E-state index in [1.54, 1.807) is 7.11 Å². The van der Waals surface area contributed by atoms with Crippen LogP contribution in [0.1, 0.15) is 23.4 Å². The smallest absolute Gasteiger partial charge is 0.207 e. The van der Waals surface area contributed by atoms with E-state index < -0.39 is 0 Å². The van der Waals surface area contributed by atoms with Gasteiger partial charge in [-0.3, -0.25) is 0 Å². The summed E-state index contributed by atoms with van der Waals surface area (Å²) in [5, 5.41) is 4.19. The zero-order valence-electron chi connectivity index (χ0n) is 11.0. The second-order valence-electron chi connectivity index (χ2n) is 4.72. The minimum atomic E-state index is 0.662. The largest absolute Gasteiger partial charge is 0.384 e. The van der Waals surface area contributed by atoms with Crippen LogP contribution in [0.15, 0.2) is 18.2 Å². The van der Waals surface area contributed by atoms with Crippen LogP contribution in [-0.4, -0.2) is 23.1 Å². The van der Waals surface area contributed by atoms with E-state index in [0.717, 1.165) is 23.1 Å². The molecule has 1 aliphatic carbocycles. The third kappa shape index (κ3) is 2.93. The van der Waals surface area contributed by atoms with Crippen LogP contribution in [0.25, 0.3) is 0 Å². The van der Waals surface area contributed by atoms with Crippen LogP contribution in [0.3, 0.4) is 0 Å². The number of aromatic nitrogens is 2. The van der Waals surface area contributed by atoms with Crippen molar-refractivity contribution < 1.29 is 4.74 Å².